The van der Waals surface area contributed by atoms with Gasteiger partial charge in [0, 0.05) is 9.92 Å². The molecule has 2 N–H and O–H groups in total. The summed E-state index contributed by atoms with van der Waals surface area (Å²) in [7, 11) is -3.68. The van der Waals surface area contributed by atoms with E-state index in [-0.39, 0.29) is 4.90 Å². The van der Waals surface area contributed by atoms with E-state index in [4.69, 9.17) is 16.7 Å². The van der Waals surface area contributed by atoms with E-state index in [2.05, 4.69) is 12.6 Å². The van der Waals surface area contributed by atoms with Crippen LogP contribution in [0.15, 0.2) is 28.0 Å². The molecule has 0 radical (unpaired) electrons. The monoisotopic (exact) mass is 223 g/mol. The van der Waals surface area contributed by atoms with E-state index in [1.807, 2.05) is 0 Å². The smallest absolute Gasteiger partial charge is 0.225 e. The van der Waals surface area contributed by atoms with Gasteiger partial charge in [-0.25, -0.2) is 13.6 Å². The van der Waals surface area contributed by atoms with Crippen LogP contribution < -0.4 is 5.14 Å². The number of hydrogen-bond acceptors (Lipinski definition) is 3. The van der Waals surface area contributed by atoms with E-state index in [1.165, 1.54) is 18.2 Å². The summed E-state index contributed by atoms with van der Waals surface area (Å²) in [6.07, 6.45) is 0. The molecule has 0 fully saturated rings. The third-order valence-electron chi connectivity index (χ3n) is 1.18. The van der Waals surface area contributed by atoms with Gasteiger partial charge in [0.15, 0.2) is 0 Å². The maximum absolute atomic E-state index is 10.8. The summed E-state index contributed by atoms with van der Waals surface area (Å²) in [5.41, 5.74) is 0. The van der Waals surface area contributed by atoms with E-state index in [0.29, 0.717) is 9.92 Å². The van der Waals surface area contributed by atoms with E-state index in [0.717, 1.165) is 0 Å². The van der Waals surface area contributed by atoms with Crippen molar-refractivity contribution in [2.24, 2.45) is 5.14 Å². The second kappa shape index (κ2) is 3.26. The first-order valence-corrected chi connectivity index (χ1v) is 5.29. The van der Waals surface area contributed by atoms with Crippen molar-refractivity contribution in [2.75, 3.05) is 0 Å². The lowest BCUT2D eigenvalue weighted by Gasteiger charge is -1.99. The zero-order valence-corrected chi connectivity index (χ0v) is 8.33. The van der Waals surface area contributed by atoms with Crippen molar-refractivity contribution in [3.8, 4) is 0 Å². The maximum atomic E-state index is 10.8. The largest absolute Gasteiger partial charge is 0.238 e. The standard InChI is InChI=1S/C6H6ClNO2S2/c7-4-1-5(11)3-6(2-4)12(8,9)10/h1-3,11H,(H2,8,9,10). The molecule has 1 rings (SSSR count). The fourth-order valence-corrected chi connectivity index (χ4v) is 2.04. The fourth-order valence-electron chi connectivity index (χ4n) is 0.712. The quantitative estimate of drug-likeness (QED) is 0.705. The molecule has 1 aromatic carbocycles. The highest BCUT2D eigenvalue weighted by atomic mass is 35.5. The normalized spacial score (nSPS) is 11.6. The molecule has 0 aliphatic rings. The number of sulfonamides is 1. The minimum atomic E-state index is -3.68. The third kappa shape index (κ3) is 2.38. The number of thiol groups is 1. The Morgan fingerprint density at radius 2 is 1.92 bits per heavy atom. The Morgan fingerprint density at radius 1 is 1.33 bits per heavy atom. The number of primary sulfonamides is 1. The van der Waals surface area contributed by atoms with Crippen LogP contribution in [-0.2, 0) is 10.0 Å². The SMILES string of the molecule is NS(=O)(=O)c1cc(S)cc(Cl)c1. The summed E-state index contributed by atoms with van der Waals surface area (Å²) in [6.45, 7) is 0. The molecule has 0 aliphatic heterocycles. The number of benzene rings is 1. The van der Waals surface area contributed by atoms with Gasteiger partial charge in [-0.05, 0) is 18.2 Å². The van der Waals surface area contributed by atoms with Crippen molar-refractivity contribution >= 4 is 34.3 Å². The molecule has 1 aromatic rings. The molecule has 0 saturated heterocycles. The zero-order valence-electron chi connectivity index (χ0n) is 5.86. The molecule has 0 unspecified atom stereocenters. The van der Waals surface area contributed by atoms with Crippen LogP contribution in [0.4, 0.5) is 0 Å². The van der Waals surface area contributed by atoms with Crippen LogP contribution in [0, 0.1) is 0 Å². The number of rotatable bonds is 1. The average Bonchev–Trinajstić information content (AvgIpc) is 1.82. The Hall–Kier alpha value is -0.230. The molecule has 6 heteroatoms. The van der Waals surface area contributed by atoms with Crippen molar-refractivity contribution < 1.29 is 8.42 Å². The van der Waals surface area contributed by atoms with Crippen molar-refractivity contribution in [3.63, 3.8) is 0 Å². The topological polar surface area (TPSA) is 60.2 Å². The molecular formula is C6H6ClNO2S2. The first kappa shape index (κ1) is 9.85. The zero-order chi connectivity index (χ0) is 9.35. The summed E-state index contributed by atoms with van der Waals surface area (Å²) in [6, 6.07) is 4.14. The van der Waals surface area contributed by atoms with Crippen LogP contribution >= 0.6 is 24.2 Å². The van der Waals surface area contributed by atoms with Crippen LogP contribution in [0.25, 0.3) is 0 Å². The molecule has 0 saturated carbocycles. The number of nitrogens with two attached hydrogens (primary N) is 1. The Kier molecular flexibility index (Phi) is 2.67. The highest BCUT2D eigenvalue weighted by Crippen LogP contribution is 2.19. The summed E-state index contributed by atoms with van der Waals surface area (Å²) >= 11 is 9.54. The van der Waals surface area contributed by atoms with E-state index < -0.39 is 10.0 Å². The number of hydrogen-bond donors (Lipinski definition) is 2. The molecule has 0 aromatic heterocycles. The molecule has 3 nitrogen and oxygen atoms in total. The van der Waals surface area contributed by atoms with Gasteiger partial charge < -0.3 is 0 Å². The van der Waals surface area contributed by atoms with Gasteiger partial charge in [0.2, 0.25) is 10.0 Å². The molecule has 0 aliphatic carbocycles. The molecule has 12 heavy (non-hydrogen) atoms. The molecule has 0 bridgehead atoms. The Balaban J connectivity index is 3.37. The summed E-state index contributed by atoms with van der Waals surface area (Å²) in [5.74, 6) is 0. The minimum Gasteiger partial charge on any atom is -0.225 e. The van der Waals surface area contributed by atoms with Gasteiger partial charge in [0.25, 0.3) is 0 Å². The predicted molar refractivity (Wildman–Crippen MR) is 50.1 cm³/mol. The molecule has 0 amide bonds. The lowest BCUT2D eigenvalue weighted by Crippen LogP contribution is -2.11. The fraction of sp³-hybridized carbons (Fsp3) is 0. The van der Waals surface area contributed by atoms with Crippen molar-refractivity contribution in [1.82, 2.24) is 0 Å². The number of halogens is 1. The Labute approximate surface area is 81.0 Å². The van der Waals surface area contributed by atoms with Gasteiger partial charge in [-0.1, -0.05) is 11.6 Å². The van der Waals surface area contributed by atoms with E-state index >= 15 is 0 Å². The molecule has 0 heterocycles. The summed E-state index contributed by atoms with van der Waals surface area (Å²) in [5, 5.41) is 5.17. The second-order valence-electron chi connectivity index (χ2n) is 2.19. The van der Waals surface area contributed by atoms with Gasteiger partial charge in [0.1, 0.15) is 0 Å². The highest BCUT2D eigenvalue weighted by Gasteiger charge is 2.08. The Morgan fingerprint density at radius 3 is 2.33 bits per heavy atom. The van der Waals surface area contributed by atoms with E-state index in [1.54, 1.807) is 0 Å². The van der Waals surface area contributed by atoms with Crippen LogP contribution in [0.5, 0.6) is 0 Å². The second-order valence-corrected chi connectivity index (χ2v) is 4.70. The van der Waals surface area contributed by atoms with Crippen molar-refractivity contribution in [3.05, 3.63) is 23.2 Å². The first-order valence-electron chi connectivity index (χ1n) is 2.92. The Bertz CT molecular complexity index is 382. The lowest BCUT2D eigenvalue weighted by atomic mass is 10.4. The minimum absolute atomic E-state index is 0.0278. The van der Waals surface area contributed by atoms with Crippen molar-refractivity contribution in [2.45, 2.75) is 9.79 Å². The first-order chi connectivity index (χ1) is 5.39. The van der Waals surface area contributed by atoms with Gasteiger partial charge in [-0.2, -0.15) is 0 Å². The van der Waals surface area contributed by atoms with Crippen LogP contribution in [0.2, 0.25) is 5.02 Å². The van der Waals surface area contributed by atoms with Gasteiger partial charge >= 0.3 is 0 Å². The average molecular weight is 224 g/mol. The molecular weight excluding hydrogens is 218 g/mol. The predicted octanol–water partition coefficient (Wildman–Crippen LogP) is 1.28. The van der Waals surface area contributed by atoms with Crippen LogP contribution in [-0.4, -0.2) is 8.42 Å². The summed E-state index contributed by atoms with van der Waals surface area (Å²) < 4.78 is 21.6. The molecule has 0 atom stereocenters. The van der Waals surface area contributed by atoms with Gasteiger partial charge in [-0.15, -0.1) is 12.6 Å². The maximum Gasteiger partial charge on any atom is 0.238 e. The highest BCUT2D eigenvalue weighted by molar-refractivity contribution is 7.89. The molecule has 66 valence electrons. The lowest BCUT2D eigenvalue weighted by molar-refractivity contribution is 0.597. The van der Waals surface area contributed by atoms with Crippen molar-refractivity contribution in [1.29, 1.82) is 0 Å². The van der Waals surface area contributed by atoms with E-state index in [9.17, 15) is 8.42 Å². The van der Waals surface area contributed by atoms with Crippen LogP contribution in [0.1, 0.15) is 0 Å². The third-order valence-corrected chi connectivity index (χ3v) is 2.55. The van der Waals surface area contributed by atoms with Gasteiger partial charge in [-0.3, -0.25) is 0 Å². The molecule has 0 spiro atoms. The summed E-state index contributed by atoms with van der Waals surface area (Å²) in [4.78, 5) is 0.437. The van der Waals surface area contributed by atoms with Crippen LogP contribution in [0.3, 0.4) is 0 Å². The van der Waals surface area contributed by atoms with Gasteiger partial charge in [0.05, 0.1) is 4.90 Å².